The van der Waals surface area contributed by atoms with Crippen LogP contribution in [0.15, 0.2) is 70.7 Å². The van der Waals surface area contributed by atoms with E-state index in [1.807, 2.05) is 0 Å². The van der Waals surface area contributed by atoms with Crippen LogP contribution in [0, 0.1) is 10.1 Å². The Kier molecular flexibility index (Phi) is 7.01. The highest BCUT2D eigenvalue weighted by Gasteiger charge is 2.21. The number of benzene rings is 3. The molecular formula is C19H13Cl3N4O4S. The van der Waals surface area contributed by atoms with Gasteiger partial charge in [-0.05, 0) is 48.5 Å². The average molecular weight is 500 g/mol. The first-order chi connectivity index (χ1) is 14.7. The number of nitro groups is 1. The van der Waals surface area contributed by atoms with Crippen molar-refractivity contribution in [1.29, 1.82) is 0 Å². The van der Waals surface area contributed by atoms with Crippen LogP contribution >= 0.6 is 34.8 Å². The third kappa shape index (κ3) is 5.86. The minimum Gasteiger partial charge on any atom is -0.280 e. The number of sulfonamides is 1. The molecule has 3 aromatic rings. The molecule has 0 aromatic heterocycles. The first-order valence-electron chi connectivity index (χ1n) is 8.47. The van der Waals surface area contributed by atoms with Crippen LogP contribution in [0.3, 0.4) is 0 Å². The molecule has 0 saturated carbocycles. The van der Waals surface area contributed by atoms with Crippen molar-refractivity contribution in [2.45, 2.75) is 4.90 Å². The Morgan fingerprint density at radius 3 is 2.26 bits per heavy atom. The highest BCUT2D eigenvalue weighted by atomic mass is 35.5. The molecule has 3 rings (SSSR count). The molecule has 0 fully saturated rings. The van der Waals surface area contributed by atoms with E-state index in [1.165, 1.54) is 48.7 Å². The highest BCUT2D eigenvalue weighted by Crippen LogP contribution is 2.29. The maximum Gasteiger partial charge on any atom is 0.295 e. The summed E-state index contributed by atoms with van der Waals surface area (Å²) in [4.78, 5) is 10.5. The molecule has 0 saturated heterocycles. The molecule has 160 valence electrons. The summed E-state index contributed by atoms with van der Waals surface area (Å²) in [6.07, 6.45) is 1.36. The molecule has 3 aromatic carbocycles. The van der Waals surface area contributed by atoms with Crippen LogP contribution < -0.4 is 10.1 Å². The van der Waals surface area contributed by atoms with Crippen molar-refractivity contribution in [1.82, 2.24) is 0 Å². The van der Waals surface area contributed by atoms with Gasteiger partial charge in [-0.1, -0.05) is 40.9 Å². The summed E-state index contributed by atoms with van der Waals surface area (Å²) in [6.45, 7) is 0. The number of rotatable bonds is 7. The third-order valence-electron chi connectivity index (χ3n) is 3.92. The number of hydrogen-bond acceptors (Lipinski definition) is 6. The molecule has 0 radical (unpaired) electrons. The van der Waals surface area contributed by atoms with Gasteiger partial charge in [-0.25, -0.2) is 8.42 Å². The number of nitrogens with zero attached hydrogens (tertiary/aromatic N) is 2. The SMILES string of the molecule is O=[N+]([O-])c1cc(S(=O)(=O)Nc2ccc(Cl)cc2)ccc1NN=Cc1ccc(Cl)cc1Cl. The number of nitrogens with one attached hydrogen (secondary N) is 2. The van der Waals surface area contributed by atoms with Crippen LogP contribution in [-0.4, -0.2) is 19.6 Å². The summed E-state index contributed by atoms with van der Waals surface area (Å²) in [6, 6.07) is 14.1. The fraction of sp³-hybridized carbons (Fsp3) is 0. The molecule has 2 N–H and O–H groups in total. The average Bonchev–Trinajstić information content (AvgIpc) is 2.71. The van der Waals surface area contributed by atoms with Crippen LogP contribution in [0.2, 0.25) is 15.1 Å². The fourth-order valence-electron chi connectivity index (χ4n) is 2.43. The number of nitro benzene ring substituents is 1. The molecular weight excluding hydrogens is 487 g/mol. The van der Waals surface area contributed by atoms with E-state index in [0.717, 1.165) is 6.07 Å². The number of hydrogen-bond donors (Lipinski definition) is 2. The van der Waals surface area contributed by atoms with Gasteiger partial charge in [0, 0.05) is 27.4 Å². The maximum atomic E-state index is 12.6. The van der Waals surface area contributed by atoms with Crippen LogP contribution in [0.1, 0.15) is 5.56 Å². The van der Waals surface area contributed by atoms with Crippen LogP contribution in [-0.2, 0) is 10.0 Å². The summed E-state index contributed by atoms with van der Waals surface area (Å²) >= 11 is 17.7. The molecule has 0 bridgehead atoms. The largest absolute Gasteiger partial charge is 0.295 e. The van der Waals surface area contributed by atoms with Crippen molar-refractivity contribution in [2.75, 3.05) is 10.1 Å². The Morgan fingerprint density at radius 1 is 0.935 bits per heavy atom. The lowest BCUT2D eigenvalue weighted by atomic mass is 10.2. The van der Waals surface area contributed by atoms with E-state index in [-0.39, 0.29) is 16.3 Å². The topological polar surface area (TPSA) is 114 Å². The van der Waals surface area contributed by atoms with E-state index in [9.17, 15) is 18.5 Å². The molecule has 0 unspecified atom stereocenters. The van der Waals surface area contributed by atoms with Gasteiger partial charge < -0.3 is 0 Å². The Morgan fingerprint density at radius 2 is 1.61 bits per heavy atom. The summed E-state index contributed by atoms with van der Waals surface area (Å²) in [7, 11) is -4.07. The second-order valence-corrected chi connectivity index (χ2v) is 9.05. The van der Waals surface area contributed by atoms with Gasteiger partial charge in [0.2, 0.25) is 0 Å². The predicted molar refractivity (Wildman–Crippen MR) is 123 cm³/mol. The van der Waals surface area contributed by atoms with Gasteiger partial charge in [0.05, 0.1) is 21.1 Å². The van der Waals surface area contributed by atoms with Crippen LogP contribution in [0.25, 0.3) is 0 Å². The van der Waals surface area contributed by atoms with Crippen molar-refractivity contribution in [3.8, 4) is 0 Å². The molecule has 8 nitrogen and oxygen atoms in total. The summed E-state index contributed by atoms with van der Waals surface area (Å²) in [5.41, 5.74) is 2.85. The van der Waals surface area contributed by atoms with Crippen molar-refractivity contribution >= 4 is 68.1 Å². The maximum absolute atomic E-state index is 12.6. The summed E-state index contributed by atoms with van der Waals surface area (Å²) in [5, 5.41) is 16.6. The monoisotopic (exact) mass is 498 g/mol. The van der Waals surface area contributed by atoms with Crippen molar-refractivity contribution in [3.63, 3.8) is 0 Å². The Labute approximate surface area is 192 Å². The van der Waals surface area contributed by atoms with Crippen molar-refractivity contribution in [3.05, 3.63) is 91.4 Å². The zero-order chi connectivity index (χ0) is 22.6. The van der Waals surface area contributed by atoms with Gasteiger partial charge in [-0.2, -0.15) is 5.10 Å². The molecule has 12 heteroatoms. The van der Waals surface area contributed by atoms with Gasteiger partial charge in [-0.3, -0.25) is 20.3 Å². The molecule has 31 heavy (non-hydrogen) atoms. The third-order valence-corrected chi connectivity index (χ3v) is 6.12. The second kappa shape index (κ2) is 9.52. The molecule has 0 spiro atoms. The molecule has 0 atom stereocenters. The van der Waals surface area contributed by atoms with E-state index in [2.05, 4.69) is 15.2 Å². The normalized spacial score (nSPS) is 11.5. The van der Waals surface area contributed by atoms with Gasteiger partial charge in [0.1, 0.15) is 5.69 Å². The highest BCUT2D eigenvalue weighted by molar-refractivity contribution is 7.92. The zero-order valence-electron chi connectivity index (χ0n) is 15.4. The molecule has 0 heterocycles. The van der Waals surface area contributed by atoms with E-state index < -0.39 is 20.6 Å². The standard InChI is InChI=1S/C19H13Cl3N4O4S/c20-13-3-5-15(6-4-13)25-31(29,30)16-7-8-18(19(10-16)26(27)28)24-23-11-12-1-2-14(21)9-17(12)22/h1-11,24-25H. The fourth-order valence-corrected chi connectivity index (χ4v) is 4.10. The molecule has 0 aliphatic rings. The Bertz CT molecular complexity index is 1270. The van der Waals surface area contributed by atoms with E-state index >= 15 is 0 Å². The molecule has 0 aliphatic carbocycles. The quantitative estimate of drug-likeness (QED) is 0.242. The van der Waals surface area contributed by atoms with Crippen LogP contribution in [0.5, 0.6) is 0 Å². The van der Waals surface area contributed by atoms with Gasteiger partial charge in [0.25, 0.3) is 15.7 Å². The van der Waals surface area contributed by atoms with E-state index in [4.69, 9.17) is 34.8 Å². The Balaban J connectivity index is 1.84. The molecule has 0 amide bonds. The van der Waals surface area contributed by atoms with Crippen LogP contribution in [0.4, 0.5) is 17.1 Å². The van der Waals surface area contributed by atoms with Gasteiger partial charge in [0.15, 0.2) is 0 Å². The van der Waals surface area contributed by atoms with Gasteiger partial charge >= 0.3 is 0 Å². The van der Waals surface area contributed by atoms with E-state index in [0.29, 0.717) is 20.6 Å². The minimum atomic E-state index is -4.07. The van der Waals surface area contributed by atoms with E-state index in [1.54, 1.807) is 12.1 Å². The van der Waals surface area contributed by atoms with Crippen molar-refractivity contribution in [2.24, 2.45) is 5.10 Å². The summed E-state index contributed by atoms with van der Waals surface area (Å²) < 4.78 is 27.5. The smallest absolute Gasteiger partial charge is 0.280 e. The number of anilines is 2. The number of halogens is 3. The predicted octanol–water partition coefficient (Wildman–Crippen LogP) is 5.80. The summed E-state index contributed by atoms with van der Waals surface area (Å²) in [5.74, 6) is 0. The Hall–Kier alpha value is -2.85. The molecule has 0 aliphatic heterocycles. The lowest BCUT2D eigenvalue weighted by Crippen LogP contribution is -2.13. The first kappa shape index (κ1) is 22.8. The first-order valence-corrected chi connectivity index (χ1v) is 11.1. The lowest BCUT2D eigenvalue weighted by Gasteiger charge is -2.09. The zero-order valence-corrected chi connectivity index (χ0v) is 18.5. The minimum absolute atomic E-state index is 0.00298. The van der Waals surface area contributed by atoms with Crippen molar-refractivity contribution < 1.29 is 13.3 Å². The van der Waals surface area contributed by atoms with Gasteiger partial charge in [-0.15, -0.1) is 0 Å². The second-order valence-electron chi connectivity index (χ2n) is 6.08. The lowest BCUT2D eigenvalue weighted by molar-refractivity contribution is -0.384. The number of hydrazone groups is 1.